The second-order valence-electron chi connectivity index (χ2n) is 5.86. The Bertz CT molecular complexity index is 797. The minimum absolute atomic E-state index is 0. The van der Waals surface area contributed by atoms with Crippen molar-refractivity contribution in [2.75, 3.05) is 25.5 Å². The summed E-state index contributed by atoms with van der Waals surface area (Å²) >= 11 is 1.17. The van der Waals surface area contributed by atoms with Crippen LogP contribution in [0.2, 0.25) is 0 Å². The van der Waals surface area contributed by atoms with E-state index in [1.165, 1.54) is 30.6 Å². The van der Waals surface area contributed by atoms with Gasteiger partial charge in [0.1, 0.15) is 5.60 Å². The number of nitrogens with zero attached hydrogens (tertiary/aromatic N) is 1. The first-order valence-electron chi connectivity index (χ1n) is 7.69. The van der Waals surface area contributed by atoms with Gasteiger partial charge in [-0.05, 0) is 25.9 Å². The molecule has 1 amide bonds. The summed E-state index contributed by atoms with van der Waals surface area (Å²) in [5.41, 5.74) is -0.448. The van der Waals surface area contributed by atoms with Crippen molar-refractivity contribution in [2.24, 2.45) is 0 Å². The predicted octanol–water partition coefficient (Wildman–Crippen LogP) is 2.75. The summed E-state index contributed by atoms with van der Waals surface area (Å²) in [6.45, 7) is 1.38. The summed E-state index contributed by atoms with van der Waals surface area (Å²) in [6, 6.07) is 2.80. The quantitative estimate of drug-likeness (QED) is 0.814. The molecule has 1 saturated heterocycles. The smallest absolute Gasteiger partial charge is 0.395 e. The number of carbonyl (C=O) groups excluding carboxylic acids is 1. The molecule has 2 aromatic rings. The molecule has 1 aromatic heterocycles. The molecule has 4 rings (SSSR count). The molecule has 0 atom stereocenters. The van der Waals surface area contributed by atoms with E-state index in [0.29, 0.717) is 41.3 Å². The van der Waals surface area contributed by atoms with Crippen LogP contribution in [0.3, 0.4) is 0 Å². The zero-order chi connectivity index (χ0) is 17.7. The van der Waals surface area contributed by atoms with Crippen LogP contribution in [0.1, 0.15) is 12.8 Å². The molecular weight excluding hydrogens is 392 g/mol. The highest BCUT2D eigenvalue weighted by Gasteiger charge is 2.44. The maximum Gasteiger partial charge on any atom is 0.586 e. The van der Waals surface area contributed by atoms with E-state index in [9.17, 15) is 13.6 Å². The number of nitrogens with one attached hydrogen (secondary N) is 2. The molecule has 7 nitrogen and oxygen atoms in total. The van der Waals surface area contributed by atoms with Crippen LogP contribution in [0.4, 0.5) is 13.9 Å². The van der Waals surface area contributed by atoms with Crippen molar-refractivity contribution in [1.29, 1.82) is 0 Å². The Hall–Kier alpha value is -1.75. The lowest BCUT2D eigenvalue weighted by atomic mass is 9.91. The molecule has 26 heavy (non-hydrogen) atoms. The molecule has 3 heterocycles. The minimum atomic E-state index is -3.66. The number of piperidine rings is 1. The molecule has 0 unspecified atom stereocenters. The molecule has 0 aliphatic carbocycles. The fourth-order valence-corrected chi connectivity index (χ4v) is 3.86. The van der Waals surface area contributed by atoms with Gasteiger partial charge < -0.3 is 19.5 Å². The fourth-order valence-electron chi connectivity index (χ4n) is 2.99. The van der Waals surface area contributed by atoms with Gasteiger partial charge in [-0.25, -0.2) is 4.98 Å². The summed E-state index contributed by atoms with van der Waals surface area (Å²) in [7, 11) is 1.52. The third-order valence-corrected chi connectivity index (χ3v) is 5.28. The van der Waals surface area contributed by atoms with Crippen molar-refractivity contribution in [1.82, 2.24) is 10.3 Å². The average Bonchev–Trinajstić information content (AvgIpc) is 3.09. The minimum Gasteiger partial charge on any atom is -0.395 e. The summed E-state index contributed by atoms with van der Waals surface area (Å²) in [5.74, 6) is -0.389. The third-order valence-electron chi connectivity index (χ3n) is 4.35. The van der Waals surface area contributed by atoms with Crippen LogP contribution in [-0.4, -0.2) is 43.0 Å². The first-order chi connectivity index (χ1) is 11.9. The fraction of sp³-hybridized carbons (Fsp3) is 0.467. The summed E-state index contributed by atoms with van der Waals surface area (Å²) in [6.07, 6.45) is -2.54. The highest BCUT2D eigenvalue weighted by molar-refractivity contribution is 7.22. The average molecular weight is 408 g/mol. The molecule has 0 bridgehead atoms. The van der Waals surface area contributed by atoms with E-state index >= 15 is 0 Å². The molecule has 1 aromatic carbocycles. The zero-order valence-electron chi connectivity index (χ0n) is 13.6. The highest BCUT2D eigenvalue weighted by Crippen LogP contribution is 2.44. The van der Waals surface area contributed by atoms with Crippen molar-refractivity contribution in [3.05, 3.63) is 12.1 Å². The molecule has 0 saturated carbocycles. The number of alkyl halides is 2. The Balaban J connectivity index is 0.00000196. The van der Waals surface area contributed by atoms with Crippen LogP contribution in [-0.2, 0) is 9.53 Å². The van der Waals surface area contributed by atoms with Crippen LogP contribution in [0, 0.1) is 0 Å². The molecule has 1 fully saturated rings. The number of fused-ring (bicyclic) bond motifs is 2. The number of aromatic nitrogens is 1. The van der Waals surface area contributed by atoms with E-state index in [1.807, 2.05) is 0 Å². The number of hydrogen-bond acceptors (Lipinski definition) is 7. The summed E-state index contributed by atoms with van der Waals surface area (Å²) in [4.78, 5) is 16.9. The lowest BCUT2D eigenvalue weighted by Gasteiger charge is -2.34. The van der Waals surface area contributed by atoms with Crippen molar-refractivity contribution in [3.8, 4) is 11.5 Å². The van der Waals surface area contributed by atoms with Crippen LogP contribution in [0.25, 0.3) is 10.2 Å². The second-order valence-corrected chi connectivity index (χ2v) is 6.89. The van der Waals surface area contributed by atoms with E-state index in [0.717, 1.165) is 0 Å². The SMILES string of the molecule is COC1(C(=O)Nc2nc3cc4c(cc3s2)OC(F)(F)O4)CCNCC1.Cl. The molecular formula is C15H16ClF2N3O4S. The number of methoxy groups -OCH3 is 1. The first-order valence-corrected chi connectivity index (χ1v) is 8.50. The van der Waals surface area contributed by atoms with Gasteiger partial charge in [0.25, 0.3) is 5.91 Å². The van der Waals surface area contributed by atoms with E-state index in [-0.39, 0.29) is 29.8 Å². The van der Waals surface area contributed by atoms with Gasteiger partial charge >= 0.3 is 6.29 Å². The number of benzene rings is 1. The number of amides is 1. The highest BCUT2D eigenvalue weighted by atomic mass is 35.5. The van der Waals surface area contributed by atoms with Crippen LogP contribution < -0.4 is 20.1 Å². The predicted molar refractivity (Wildman–Crippen MR) is 93.5 cm³/mol. The second kappa shape index (κ2) is 6.76. The number of thiazole rings is 1. The Morgan fingerprint density at radius 2 is 1.96 bits per heavy atom. The molecule has 11 heteroatoms. The lowest BCUT2D eigenvalue weighted by molar-refractivity contribution is -0.286. The first kappa shape index (κ1) is 19.0. The Labute approximate surface area is 157 Å². The summed E-state index contributed by atoms with van der Waals surface area (Å²) < 4.78 is 41.1. The van der Waals surface area contributed by atoms with Crippen molar-refractivity contribution in [2.45, 2.75) is 24.7 Å². The zero-order valence-corrected chi connectivity index (χ0v) is 15.3. The molecule has 2 N–H and O–H groups in total. The van der Waals surface area contributed by atoms with Crippen molar-refractivity contribution in [3.63, 3.8) is 0 Å². The van der Waals surface area contributed by atoms with Crippen LogP contribution in [0.15, 0.2) is 12.1 Å². The number of rotatable bonds is 3. The van der Waals surface area contributed by atoms with Gasteiger partial charge in [0.15, 0.2) is 16.6 Å². The molecule has 142 valence electrons. The van der Waals surface area contributed by atoms with Gasteiger partial charge in [-0.3, -0.25) is 10.1 Å². The summed E-state index contributed by atoms with van der Waals surface area (Å²) in [5, 5.41) is 6.32. The van der Waals surface area contributed by atoms with Gasteiger partial charge in [0.2, 0.25) is 0 Å². The Kier molecular flexibility index (Phi) is 4.95. The van der Waals surface area contributed by atoms with Crippen molar-refractivity contribution >= 4 is 45.0 Å². The monoisotopic (exact) mass is 407 g/mol. The van der Waals surface area contributed by atoms with Crippen molar-refractivity contribution < 1.29 is 27.8 Å². The van der Waals surface area contributed by atoms with E-state index in [1.54, 1.807) is 0 Å². The Morgan fingerprint density at radius 1 is 1.31 bits per heavy atom. The largest absolute Gasteiger partial charge is 0.586 e. The maximum atomic E-state index is 13.1. The molecule has 0 spiro atoms. The topological polar surface area (TPSA) is 81.7 Å². The number of ether oxygens (including phenoxy) is 3. The van der Waals surface area contributed by atoms with Gasteiger partial charge in [-0.1, -0.05) is 11.3 Å². The normalized spacial score (nSPS) is 19.8. The molecule has 2 aliphatic heterocycles. The van der Waals surface area contributed by atoms with Crippen LogP contribution in [0.5, 0.6) is 11.5 Å². The molecule has 2 aliphatic rings. The van der Waals surface area contributed by atoms with Gasteiger partial charge in [0, 0.05) is 19.2 Å². The van der Waals surface area contributed by atoms with E-state index in [4.69, 9.17) is 4.74 Å². The van der Waals surface area contributed by atoms with E-state index < -0.39 is 11.9 Å². The van der Waals surface area contributed by atoms with E-state index in [2.05, 4.69) is 25.1 Å². The van der Waals surface area contributed by atoms with Gasteiger partial charge in [0.05, 0.1) is 10.2 Å². The third kappa shape index (κ3) is 3.29. The van der Waals surface area contributed by atoms with Gasteiger partial charge in [-0.15, -0.1) is 21.2 Å². The van der Waals surface area contributed by atoms with Gasteiger partial charge in [-0.2, -0.15) is 0 Å². The standard InChI is InChI=1S/C15H15F2N3O4S.ClH/c1-22-14(2-4-18-5-3-14)12(21)20-13-19-8-6-9-10(7-11(8)25-13)24-15(16,17)23-9;/h6-7,18H,2-5H2,1H3,(H,19,20,21);1H. The number of anilines is 1. The number of hydrogen-bond donors (Lipinski definition) is 2. The Morgan fingerprint density at radius 3 is 2.62 bits per heavy atom. The maximum absolute atomic E-state index is 13.1. The lowest BCUT2D eigenvalue weighted by Crippen LogP contribution is -2.51. The van der Waals surface area contributed by atoms with Crippen LogP contribution >= 0.6 is 23.7 Å². The number of carbonyl (C=O) groups is 1. The number of halogens is 3. The molecule has 0 radical (unpaired) electrons.